The number of piperidine rings is 1. The first kappa shape index (κ1) is 15.0. The molecule has 4 nitrogen and oxygen atoms in total. The molecular weight excluding hydrogens is 326 g/mol. The second-order valence-corrected chi connectivity index (χ2v) is 7.34. The van der Waals surface area contributed by atoms with Crippen molar-refractivity contribution in [3.05, 3.63) is 20.8 Å². The maximum Gasteiger partial charge on any atom is 0.224 e. The number of hydrogen-bond acceptors (Lipinski definition) is 4. The van der Waals surface area contributed by atoms with E-state index in [0.717, 1.165) is 29.7 Å². The maximum absolute atomic E-state index is 11.8. The number of thiophene rings is 1. The van der Waals surface area contributed by atoms with Gasteiger partial charge in [0, 0.05) is 25.0 Å². The van der Waals surface area contributed by atoms with Crippen LogP contribution in [0.1, 0.15) is 23.8 Å². The quantitative estimate of drug-likeness (QED) is 0.876. The van der Waals surface area contributed by atoms with Crippen molar-refractivity contribution in [3.8, 4) is 0 Å². The summed E-state index contributed by atoms with van der Waals surface area (Å²) < 4.78 is 1.13. The van der Waals surface area contributed by atoms with Gasteiger partial charge in [0.15, 0.2) is 0 Å². The molecule has 106 valence electrons. The molecule has 1 aromatic rings. The molecule has 2 unspecified atom stereocenters. The number of rotatable bonds is 4. The van der Waals surface area contributed by atoms with Crippen LogP contribution in [0.4, 0.5) is 0 Å². The molecule has 1 amide bonds. The first-order valence-corrected chi connectivity index (χ1v) is 8.17. The van der Waals surface area contributed by atoms with Crippen LogP contribution in [0.5, 0.6) is 0 Å². The van der Waals surface area contributed by atoms with Crippen LogP contribution in [0.25, 0.3) is 0 Å². The highest BCUT2D eigenvalue weighted by atomic mass is 79.9. The number of carbonyl (C=O) groups is 1. The van der Waals surface area contributed by atoms with Gasteiger partial charge in [0.2, 0.25) is 5.91 Å². The number of likely N-dealkylation sites (tertiary alicyclic amines) is 1. The Labute approximate surface area is 126 Å². The third kappa shape index (κ3) is 3.56. The molecule has 0 aliphatic carbocycles. The van der Waals surface area contributed by atoms with Crippen LogP contribution in [-0.2, 0) is 4.79 Å². The van der Waals surface area contributed by atoms with Crippen LogP contribution in [-0.4, -0.2) is 37.5 Å². The molecule has 1 aliphatic heterocycles. The first-order chi connectivity index (χ1) is 9.15. The van der Waals surface area contributed by atoms with E-state index in [4.69, 9.17) is 5.73 Å². The fourth-order valence-electron chi connectivity index (χ4n) is 2.66. The van der Waals surface area contributed by atoms with Crippen LogP contribution < -0.4 is 11.1 Å². The Kier molecular flexibility index (Phi) is 5.38. The smallest absolute Gasteiger partial charge is 0.224 e. The van der Waals surface area contributed by atoms with E-state index in [1.807, 2.05) is 0 Å². The second-order valence-electron chi connectivity index (χ2n) is 4.84. The number of carbonyl (C=O) groups excluding carboxylic acids is 1. The summed E-state index contributed by atoms with van der Waals surface area (Å²) in [6.45, 7) is 2.41. The Morgan fingerprint density at radius 3 is 3.05 bits per heavy atom. The van der Waals surface area contributed by atoms with Crippen molar-refractivity contribution in [3.63, 3.8) is 0 Å². The topological polar surface area (TPSA) is 58.4 Å². The fourth-order valence-corrected chi connectivity index (χ4v) is 4.23. The van der Waals surface area contributed by atoms with E-state index in [-0.39, 0.29) is 17.9 Å². The number of nitrogens with one attached hydrogen (secondary N) is 1. The average Bonchev–Trinajstić information content (AvgIpc) is 2.85. The highest BCUT2D eigenvalue weighted by molar-refractivity contribution is 9.11. The van der Waals surface area contributed by atoms with E-state index in [2.05, 4.69) is 38.3 Å². The maximum atomic E-state index is 11.8. The highest BCUT2D eigenvalue weighted by Gasteiger charge is 2.30. The van der Waals surface area contributed by atoms with Crippen LogP contribution in [0.2, 0.25) is 0 Å². The lowest BCUT2D eigenvalue weighted by molar-refractivity contribution is -0.126. The lowest BCUT2D eigenvalue weighted by Gasteiger charge is -2.36. The van der Waals surface area contributed by atoms with Crippen molar-refractivity contribution in [2.45, 2.75) is 18.9 Å². The van der Waals surface area contributed by atoms with Gasteiger partial charge in [-0.1, -0.05) is 0 Å². The molecule has 2 atom stereocenters. The molecule has 19 heavy (non-hydrogen) atoms. The summed E-state index contributed by atoms with van der Waals surface area (Å²) in [5.41, 5.74) is 5.95. The van der Waals surface area contributed by atoms with E-state index in [1.54, 1.807) is 18.4 Å². The molecule has 0 aromatic carbocycles. The van der Waals surface area contributed by atoms with Crippen molar-refractivity contribution in [1.29, 1.82) is 0 Å². The third-order valence-electron chi connectivity index (χ3n) is 3.66. The van der Waals surface area contributed by atoms with Gasteiger partial charge in [-0.2, -0.15) is 0 Å². The van der Waals surface area contributed by atoms with Crippen molar-refractivity contribution in [2.24, 2.45) is 11.7 Å². The van der Waals surface area contributed by atoms with Crippen LogP contribution in [0, 0.1) is 5.92 Å². The normalized spacial score (nSPS) is 22.2. The summed E-state index contributed by atoms with van der Waals surface area (Å²) in [5, 5.41) is 2.75. The molecule has 0 radical (unpaired) electrons. The molecule has 3 N–H and O–H groups in total. The van der Waals surface area contributed by atoms with Crippen molar-refractivity contribution >= 4 is 33.2 Å². The van der Waals surface area contributed by atoms with Gasteiger partial charge in [0.05, 0.1) is 15.7 Å². The second kappa shape index (κ2) is 6.83. The van der Waals surface area contributed by atoms with Crippen molar-refractivity contribution in [1.82, 2.24) is 10.2 Å². The minimum Gasteiger partial charge on any atom is -0.359 e. The summed E-state index contributed by atoms with van der Waals surface area (Å²) in [5.74, 6) is 0.240. The van der Waals surface area contributed by atoms with Gasteiger partial charge in [-0.25, -0.2) is 0 Å². The summed E-state index contributed by atoms with van der Waals surface area (Å²) in [6, 6.07) is 4.40. The van der Waals surface area contributed by atoms with Crippen LogP contribution >= 0.6 is 27.3 Å². The highest BCUT2D eigenvalue weighted by Crippen LogP contribution is 2.32. The zero-order chi connectivity index (χ0) is 13.8. The Hall–Kier alpha value is -0.430. The molecule has 1 aliphatic rings. The molecule has 2 heterocycles. The van der Waals surface area contributed by atoms with Gasteiger partial charge in [0.1, 0.15) is 0 Å². The largest absolute Gasteiger partial charge is 0.359 e. The molecule has 0 spiro atoms. The van der Waals surface area contributed by atoms with Crippen molar-refractivity contribution < 1.29 is 4.79 Å². The Bertz CT molecular complexity index is 437. The van der Waals surface area contributed by atoms with Gasteiger partial charge in [-0.15, -0.1) is 11.3 Å². The minimum atomic E-state index is 0.0937. The number of nitrogens with zero attached hydrogens (tertiary/aromatic N) is 1. The van der Waals surface area contributed by atoms with Crippen molar-refractivity contribution in [2.75, 3.05) is 26.7 Å². The molecular formula is C13H20BrN3OS. The molecule has 1 aromatic heterocycles. The van der Waals surface area contributed by atoms with Gasteiger partial charge in [0.25, 0.3) is 0 Å². The van der Waals surface area contributed by atoms with E-state index >= 15 is 0 Å². The summed E-state index contributed by atoms with van der Waals surface area (Å²) >= 11 is 5.22. The summed E-state index contributed by atoms with van der Waals surface area (Å²) in [7, 11) is 1.71. The number of nitrogens with two attached hydrogens (primary N) is 1. The molecule has 6 heteroatoms. The van der Waals surface area contributed by atoms with Crippen LogP contribution in [0.15, 0.2) is 15.9 Å². The first-order valence-electron chi connectivity index (χ1n) is 6.56. The lowest BCUT2D eigenvalue weighted by Crippen LogP contribution is -2.45. The van der Waals surface area contributed by atoms with Gasteiger partial charge >= 0.3 is 0 Å². The number of halogens is 1. The zero-order valence-electron chi connectivity index (χ0n) is 11.1. The lowest BCUT2D eigenvalue weighted by atomic mass is 9.95. The van der Waals surface area contributed by atoms with Gasteiger partial charge < -0.3 is 11.1 Å². The molecule has 0 saturated carbocycles. The summed E-state index contributed by atoms with van der Waals surface area (Å²) in [4.78, 5) is 15.4. The molecule has 0 bridgehead atoms. The Morgan fingerprint density at radius 2 is 2.47 bits per heavy atom. The van der Waals surface area contributed by atoms with E-state index in [1.165, 1.54) is 4.88 Å². The standard InChI is InChI=1S/C13H20BrN3OS/c1-16-13(18)9-3-2-6-17(8-9)10(7-15)11-4-5-12(14)19-11/h4-5,9-10H,2-3,6-8,15H2,1H3,(H,16,18). The monoisotopic (exact) mass is 345 g/mol. The average molecular weight is 346 g/mol. The van der Waals surface area contributed by atoms with Gasteiger partial charge in [-0.05, 0) is 47.4 Å². The number of amides is 1. The Morgan fingerprint density at radius 1 is 1.68 bits per heavy atom. The zero-order valence-corrected chi connectivity index (χ0v) is 13.5. The third-order valence-corrected chi connectivity index (χ3v) is 5.38. The fraction of sp³-hybridized carbons (Fsp3) is 0.615. The predicted molar refractivity (Wildman–Crippen MR) is 82.2 cm³/mol. The SMILES string of the molecule is CNC(=O)C1CCCN(C(CN)c2ccc(Br)s2)C1. The van der Waals surface area contributed by atoms with E-state index in [0.29, 0.717) is 6.54 Å². The molecule has 1 saturated heterocycles. The predicted octanol–water partition coefficient (Wildman–Crippen LogP) is 1.97. The van der Waals surface area contributed by atoms with Crippen LogP contribution in [0.3, 0.4) is 0 Å². The Balaban J connectivity index is 2.08. The molecule has 1 fully saturated rings. The minimum absolute atomic E-state index is 0.0937. The number of hydrogen-bond donors (Lipinski definition) is 2. The van der Waals surface area contributed by atoms with Gasteiger partial charge in [-0.3, -0.25) is 9.69 Å². The van der Waals surface area contributed by atoms with E-state index in [9.17, 15) is 4.79 Å². The molecule has 2 rings (SSSR count). The van der Waals surface area contributed by atoms with E-state index < -0.39 is 0 Å². The summed E-state index contributed by atoms with van der Waals surface area (Å²) in [6.07, 6.45) is 2.03.